The molecule has 14 nitrogen and oxygen atoms in total. The lowest BCUT2D eigenvalue weighted by Crippen LogP contribution is -2.42. The minimum Gasteiger partial charge on any atom is -0.476 e. The fourth-order valence-corrected chi connectivity index (χ4v) is 6.41. The largest absolute Gasteiger partial charge is 0.509 e. The van der Waals surface area contributed by atoms with E-state index in [2.05, 4.69) is 15.0 Å². The highest BCUT2D eigenvalue weighted by atomic mass is 31.2. The first kappa shape index (κ1) is 26.8. The highest BCUT2D eigenvalue weighted by molar-refractivity contribution is 7.48. The van der Waals surface area contributed by atoms with Gasteiger partial charge in [-0.05, 0) is 19.9 Å². The Morgan fingerprint density at radius 3 is 2.90 bits per heavy atom. The molecule has 3 saturated heterocycles. The number of nitrogens with two attached hydrogens (primary N) is 1. The fraction of sp³-hybridized carbons (Fsp3) is 0.478. The molecule has 0 saturated carbocycles. The molecule has 3 aliphatic rings. The van der Waals surface area contributed by atoms with Crippen molar-refractivity contribution in [1.82, 2.24) is 19.5 Å². The van der Waals surface area contributed by atoms with Crippen molar-refractivity contribution in [3.63, 3.8) is 0 Å². The number of nitrogens with zero attached hydrogens (tertiary/aromatic N) is 4. The Morgan fingerprint density at radius 2 is 2.12 bits per heavy atom. The van der Waals surface area contributed by atoms with Gasteiger partial charge in [-0.3, -0.25) is 18.1 Å². The molecular weight excluding hydrogens is 559 g/mol. The number of phosphoric acid groups is 1. The Bertz CT molecular complexity index is 1530. The van der Waals surface area contributed by atoms with Crippen LogP contribution in [0.2, 0.25) is 0 Å². The summed E-state index contributed by atoms with van der Waals surface area (Å²) in [7, 11) is -4.23. The van der Waals surface area contributed by atoms with Gasteiger partial charge in [0.05, 0.1) is 25.9 Å². The van der Waals surface area contributed by atoms with E-state index in [0.29, 0.717) is 11.6 Å². The summed E-state index contributed by atoms with van der Waals surface area (Å²) in [5.41, 5.74) is 4.96. The zero-order valence-corrected chi connectivity index (χ0v) is 22.1. The maximum atomic E-state index is 14.3. The summed E-state index contributed by atoms with van der Waals surface area (Å²) in [5, 5.41) is 0. The van der Waals surface area contributed by atoms with Gasteiger partial charge in [0.2, 0.25) is 11.8 Å². The Kier molecular flexibility index (Phi) is 6.62. The van der Waals surface area contributed by atoms with Crippen LogP contribution in [0, 0.1) is 11.6 Å². The standard InChI is InChI=1S/C23H24F2N5O9P/c1-3-33-19-16-18(28-21(26)29-19)27-10-30(16)20-23(2)17(37-22(31)38-23)15(36-20)9-35-40(32)34-7-6-14(39-40)12-5-4-11(24)8-13(12)25/h4-5,8,10,14-15,17,20H,3,6-7,9H2,1-2H3,(H2,26,28,29)/t14-,15-,17-,20-,23-,40+/m1/s1. The highest BCUT2D eigenvalue weighted by Gasteiger charge is 2.64. The maximum absolute atomic E-state index is 14.3. The average molecular weight is 583 g/mol. The summed E-state index contributed by atoms with van der Waals surface area (Å²) in [6.07, 6.45) is -3.42. The van der Waals surface area contributed by atoms with Crippen LogP contribution in [0.25, 0.3) is 11.2 Å². The number of ether oxygens (including phenoxy) is 4. The van der Waals surface area contributed by atoms with Crippen LogP contribution in [-0.2, 0) is 32.3 Å². The van der Waals surface area contributed by atoms with Gasteiger partial charge in [0.15, 0.2) is 29.1 Å². The number of aromatic nitrogens is 4. The van der Waals surface area contributed by atoms with Gasteiger partial charge in [-0.1, -0.05) is 6.07 Å². The molecule has 2 aromatic heterocycles. The minimum atomic E-state index is -4.23. The molecule has 214 valence electrons. The lowest BCUT2D eigenvalue weighted by atomic mass is 9.96. The second-order valence-electron chi connectivity index (χ2n) is 9.37. The summed E-state index contributed by atoms with van der Waals surface area (Å²) in [4.78, 5) is 24.7. The monoisotopic (exact) mass is 583 g/mol. The summed E-state index contributed by atoms with van der Waals surface area (Å²) in [5.74, 6) is -1.51. The molecule has 0 radical (unpaired) electrons. The van der Waals surface area contributed by atoms with E-state index >= 15 is 0 Å². The van der Waals surface area contributed by atoms with Crippen LogP contribution in [0.1, 0.15) is 38.2 Å². The summed E-state index contributed by atoms with van der Waals surface area (Å²) in [6, 6.07) is 2.98. The van der Waals surface area contributed by atoms with Gasteiger partial charge >= 0.3 is 14.0 Å². The molecule has 3 aliphatic heterocycles. The number of phosphoric ester groups is 1. The lowest BCUT2D eigenvalue weighted by Gasteiger charge is -2.30. The van der Waals surface area contributed by atoms with Crippen molar-refractivity contribution in [2.75, 3.05) is 25.6 Å². The molecule has 5 heterocycles. The van der Waals surface area contributed by atoms with Crippen molar-refractivity contribution >= 4 is 31.1 Å². The van der Waals surface area contributed by atoms with Gasteiger partial charge in [-0.15, -0.1) is 0 Å². The number of hydrogen-bond acceptors (Lipinski definition) is 13. The van der Waals surface area contributed by atoms with Crippen LogP contribution < -0.4 is 10.5 Å². The maximum Gasteiger partial charge on any atom is 0.509 e. The molecule has 0 spiro atoms. The predicted molar refractivity (Wildman–Crippen MR) is 129 cm³/mol. The Hall–Kier alpha value is -3.43. The molecule has 40 heavy (non-hydrogen) atoms. The van der Waals surface area contributed by atoms with Crippen molar-refractivity contribution in [2.45, 2.75) is 50.4 Å². The molecule has 3 aromatic rings. The van der Waals surface area contributed by atoms with E-state index < -0.39 is 62.4 Å². The van der Waals surface area contributed by atoms with E-state index in [0.717, 1.165) is 6.07 Å². The third-order valence-corrected chi connectivity index (χ3v) is 8.24. The molecule has 0 bridgehead atoms. The molecule has 0 unspecified atom stereocenters. The highest BCUT2D eigenvalue weighted by Crippen LogP contribution is 2.58. The van der Waals surface area contributed by atoms with Gasteiger partial charge in [-0.2, -0.15) is 9.97 Å². The molecule has 6 atom stereocenters. The SMILES string of the molecule is CCOc1nc(N)nc2ncn([C@@H]3O[C@H](CO[P@]4(=O)OCC[C@H](c5ccc(F)cc5F)O4)[C@H]4OC(=O)O[C@]43C)c12. The van der Waals surface area contributed by atoms with E-state index in [1.54, 1.807) is 13.8 Å². The van der Waals surface area contributed by atoms with Crippen LogP contribution >= 0.6 is 7.82 Å². The third kappa shape index (κ3) is 4.55. The second-order valence-corrected chi connectivity index (χ2v) is 11.0. The fourth-order valence-electron chi connectivity index (χ4n) is 5.02. The summed E-state index contributed by atoms with van der Waals surface area (Å²) >= 11 is 0. The Morgan fingerprint density at radius 1 is 1.30 bits per heavy atom. The molecule has 3 fully saturated rings. The third-order valence-electron chi connectivity index (χ3n) is 6.76. The minimum absolute atomic E-state index is 0.0105. The molecule has 2 N–H and O–H groups in total. The first-order valence-electron chi connectivity index (χ1n) is 12.3. The van der Waals surface area contributed by atoms with Gasteiger partial charge in [-0.25, -0.2) is 23.1 Å². The number of hydrogen-bond donors (Lipinski definition) is 1. The van der Waals surface area contributed by atoms with E-state index in [1.807, 2.05) is 0 Å². The average Bonchev–Trinajstić information content (AvgIpc) is 3.52. The smallest absolute Gasteiger partial charge is 0.476 e. The predicted octanol–water partition coefficient (Wildman–Crippen LogP) is 3.58. The number of rotatable bonds is 7. The van der Waals surface area contributed by atoms with Crippen molar-refractivity contribution < 1.29 is 50.7 Å². The second kappa shape index (κ2) is 9.89. The Labute approximate surface area is 225 Å². The molecule has 6 rings (SSSR count). The number of imidazole rings is 1. The zero-order chi connectivity index (χ0) is 28.2. The van der Waals surface area contributed by atoms with E-state index in [9.17, 15) is 18.1 Å². The van der Waals surface area contributed by atoms with E-state index in [-0.39, 0.29) is 42.7 Å². The van der Waals surface area contributed by atoms with Crippen LogP contribution in [0.4, 0.5) is 19.5 Å². The number of benzene rings is 1. The topological polar surface area (TPSA) is 168 Å². The number of fused-ring (bicyclic) bond motifs is 2. The Balaban J connectivity index is 1.25. The van der Waals surface area contributed by atoms with Gasteiger partial charge in [0.25, 0.3) is 0 Å². The summed E-state index contributed by atoms with van der Waals surface area (Å²) in [6.45, 7) is 3.14. The van der Waals surface area contributed by atoms with Crippen molar-refractivity contribution in [3.05, 3.63) is 41.7 Å². The lowest BCUT2D eigenvalue weighted by molar-refractivity contribution is -0.0925. The van der Waals surface area contributed by atoms with Crippen molar-refractivity contribution in [2.24, 2.45) is 0 Å². The number of carbonyl (C=O) groups excluding carboxylic acids is 1. The molecule has 0 aliphatic carbocycles. The number of halogens is 2. The first-order chi connectivity index (χ1) is 19.1. The molecule has 17 heteroatoms. The number of anilines is 1. The van der Waals surface area contributed by atoms with Crippen molar-refractivity contribution in [3.8, 4) is 5.88 Å². The quantitative estimate of drug-likeness (QED) is 0.317. The molecular formula is C23H24F2N5O9P. The first-order valence-corrected chi connectivity index (χ1v) is 13.8. The van der Waals surface area contributed by atoms with Gasteiger partial charge in [0.1, 0.15) is 24.1 Å². The zero-order valence-electron chi connectivity index (χ0n) is 21.2. The number of carbonyl (C=O) groups is 1. The van der Waals surface area contributed by atoms with Gasteiger partial charge < -0.3 is 24.7 Å². The van der Waals surface area contributed by atoms with E-state index in [1.165, 1.54) is 17.0 Å². The van der Waals surface area contributed by atoms with Crippen LogP contribution in [0.15, 0.2) is 24.5 Å². The molecule has 0 amide bonds. The normalized spacial score (nSPS) is 31.6. The van der Waals surface area contributed by atoms with E-state index in [4.69, 9.17) is 38.3 Å². The van der Waals surface area contributed by atoms with Crippen LogP contribution in [0.5, 0.6) is 5.88 Å². The summed E-state index contributed by atoms with van der Waals surface area (Å²) < 4.78 is 81.6. The van der Waals surface area contributed by atoms with Crippen LogP contribution in [0.3, 0.4) is 0 Å². The van der Waals surface area contributed by atoms with Gasteiger partial charge in [0, 0.05) is 18.1 Å². The van der Waals surface area contributed by atoms with Crippen molar-refractivity contribution in [1.29, 1.82) is 0 Å². The van der Waals surface area contributed by atoms with Crippen LogP contribution in [-0.4, -0.2) is 63.3 Å². The molecule has 1 aromatic carbocycles. The number of nitrogen functional groups attached to an aromatic ring is 1.